The first-order chi connectivity index (χ1) is 11.7. The highest BCUT2D eigenvalue weighted by Crippen LogP contribution is 2.58. The number of benzene rings is 2. The van der Waals surface area contributed by atoms with E-state index in [4.69, 9.17) is 23.2 Å². The predicted octanol–water partition coefficient (Wildman–Crippen LogP) is 7.01. The van der Waals surface area contributed by atoms with E-state index < -0.39 is 0 Å². The van der Waals surface area contributed by atoms with Crippen LogP contribution >= 0.6 is 23.2 Å². The number of rotatable bonds is 1. The Bertz CT molecular complexity index is 855. The largest absolute Gasteiger partial charge is 0.0843 e. The molecular weight excluding hydrogens is 335 g/mol. The molecule has 0 aliphatic heterocycles. The van der Waals surface area contributed by atoms with Gasteiger partial charge in [-0.3, -0.25) is 0 Å². The summed E-state index contributed by atoms with van der Waals surface area (Å²) in [5.41, 5.74) is 7.53. The van der Waals surface area contributed by atoms with Crippen LogP contribution < -0.4 is 0 Å². The average Bonchev–Trinajstić information content (AvgIpc) is 2.91. The number of hydrogen-bond acceptors (Lipinski definition) is 0. The van der Waals surface area contributed by atoms with Crippen molar-refractivity contribution in [3.63, 3.8) is 0 Å². The van der Waals surface area contributed by atoms with Crippen molar-refractivity contribution < 1.29 is 0 Å². The lowest BCUT2D eigenvalue weighted by molar-refractivity contribution is 0.546. The van der Waals surface area contributed by atoms with Crippen molar-refractivity contribution in [2.75, 3.05) is 0 Å². The van der Waals surface area contributed by atoms with Gasteiger partial charge < -0.3 is 0 Å². The normalized spacial score (nSPS) is 27.2. The van der Waals surface area contributed by atoms with Crippen LogP contribution in [0.3, 0.4) is 0 Å². The third kappa shape index (κ3) is 2.13. The van der Waals surface area contributed by atoms with Crippen molar-refractivity contribution in [3.05, 3.63) is 92.5 Å². The van der Waals surface area contributed by atoms with Crippen LogP contribution in [0.15, 0.2) is 65.8 Å². The summed E-state index contributed by atoms with van der Waals surface area (Å²) >= 11 is 12.5. The maximum absolute atomic E-state index is 6.27. The van der Waals surface area contributed by atoms with Gasteiger partial charge in [-0.1, -0.05) is 65.2 Å². The minimum absolute atomic E-state index is 0.417. The molecule has 0 N–H and O–H groups in total. The molecule has 0 fully saturated rings. The summed E-state index contributed by atoms with van der Waals surface area (Å²) in [5.74, 6) is 1.60. The van der Waals surface area contributed by atoms with Gasteiger partial charge in [0.2, 0.25) is 0 Å². The zero-order valence-electron chi connectivity index (χ0n) is 13.3. The molecule has 3 aliphatic carbocycles. The summed E-state index contributed by atoms with van der Waals surface area (Å²) in [6.07, 6.45) is 8.23. The third-order valence-electron chi connectivity index (χ3n) is 5.91. The third-order valence-corrected chi connectivity index (χ3v) is 6.34. The minimum Gasteiger partial charge on any atom is -0.0843 e. The van der Waals surface area contributed by atoms with Gasteiger partial charge in [0.1, 0.15) is 0 Å². The molecule has 0 nitrogen and oxygen atoms in total. The fraction of sp³-hybridized carbons (Fsp3) is 0.273. The van der Waals surface area contributed by atoms with Gasteiger partial charge in [0.15, 0.2) is 0 Å². The molecule has 3 atom stereocenters. The van der Waals surface area contributed by atoms with E-state index in [2.05, 4.69) is 48.6 Å². The monoisotopic (exact) mass is 352 g/mol. The summed E-state index contributed by atoms with van der Waals surface area (Å²) in [6, 6.07) is 15.0. The molecule has 3 aliphatic rings. The van der Waals surface area contributed by atoms with Gasteiger partial charge in [0, 0.05) is 27.8 Å². The van der Waals surface area contributed by atoms with Crippen LogP contribution in [0.4, 0.5) is 0 Å². The molecule has 0 saturated heterocycles. The fourth-order valence-corrected chi connectivity index (χ4v) is 5.59. The highest BCUT2D eigenvalue weighted by molar-refractivity contribution is 6.34. The number of allylic oxidation sites excluding steroid dienone is 4. The van der Waals surface area contributed by atoms with Crippen molar-refractivity contribution in [2.24, 2.45) is 0 Å². The van der Waals surface area contributed by atoms with Crippen molar-refractivity contribution in [1.29, 1.82) is 0 Å². The first kappa shape index (κ1) is 14.8. The second-order valence-corrected chi connectivity index (χ2v) is 7.99. The summed E-state index contributed by atoms with van der Waals surface area (Å²) in [7, 11) is 0. The topological polar surface area (TPSA) is 0 Å². The Hall–Kier alpha value is -1.50. The van der Waals surface area contributed by atoms with Gasteiger partial charge in [-0.05, 0) is 59.7 Å². The molecule has 0 spiro atoms. The van der Waals surface area contributed by atoms with Crippen molar-refractivity contribution >= 4 is 23.2 Å². The van der Waals surface area contributed by atoms with E-state index in [1.54, 1.807) is 16.7 Å². The molecule has 0 amide bonds. The van der Waals surface area contributed by atoms with Gasteiger partial charge in [0.05, 0.1) is 0 Å². The summed E-state index contributed by atoms with van der Waals surface area (Å²) in [4.78, 5) is 0. The molecule has 0 aromatic heterocycles. The average molecular weight is 353 g/mol. The number of fused-ring (bicyclic) bond motifs is 3. The van der Waals surface area contributed by atoms with Crippen LogP contribution in [-0.2, 0) is 0 Å². The highest BCUT2D eigenvalue weighted by atomic mass is 35.5. The van der Waals surface area contributed by atoms with Crippen LogP contribution in [0, 0.1) is 0 Å². The maximum Gasteiger partial charge on any atom is 0.0423 e. The predicted molar refractivity (Wildman–Crippen MR) is 101 cm³/mol. The quantitative estimate of drug-likeness (QED) is 0.517. The fourth-order valence-electron chi connectivity index (χ4n) is 5.05. The zero-order valence-corrected chi connectivity index (χ0v) is 14.8. The summed E-state index contributed by atoms with van der Waals surface area (Å²) in [6.45, 7) is 0. The Balaban J connectivity index is 1.67. The molecular formula is C22H18Cl2. The second kappa shape index (κ2) is 5.51. The lowest BCUT2D eigenvalue weighted by atomic mass is 9.70. The smallest absolute Gasteiger partial charge is 0.0423 e. The zero-order chi connectivity index (χ0) is 16.3. The molecule has 24 heavy (non-hydrogen) atoms. The Morgan fingerprint density at radius 1 is 0.792 bits per heavy atom. The molecule has 0 bridgehead atoms. The van der Waals surface area contributed by atoms with Gasteiger partial charge in [-0.15, -0.1) is 0 Å². The molecule has 2 heteroatoms. The lowest BCUT2D eigenvalue weighted by Gasteiger charge is -2.34. The Labute approximate surface area is 152 Å². The van der Waals surface area contributed by atoms with Crippen LogP contribution in [0.25, 0.3) is 0 Å². The maximum atomic E-state index is 6.27. The van der Waals surface area contributed by atoms with E-state index >= 15 is 0 Å². The number of halogens is 2. The molecule has 2 aromatic rings. The van der Waals surface area contributed by atoms with Crippen LogP contribution in [0.1, 0.15) is 53.7 Å². The van der Waals surface area contributed by atoms with E-state index in [-0.39, 0.29) is 0 Å². The van der Waals surface area contributed by atoms with E-state index in [9.17, 15) is 0 Å². The van der Waals surface area contributed by atoms with Gasteiger partial charge in [-0.2, -0.15) is 0 Å². The Morgan fingerprint density at radius 3 is 2.21 bits per heavy atom. The van der Waals surface area contributed by atoms with Gasteiger partial charge in [0.25, 0.3) is 0 Å². The van der Waals surface area contributed by atoms with E-state index in [0.29, 0.717) is 17.8 Å². The van der Waals surface area contributed by atoms with Crippen molar-refractivity contribution in [2.45, 2.75) is 37.0 Å². The molecule has 0 heterocycles. The molecule has 3 unspecified atom stereocenters. The van der Waals surface area contributed by atoms with Crippen LogP contribution in [0.2, 0.25) is 10.0 Å². The van der Waals surface area contributed by atoms with E-state index in [1.807, 2.05) is 6.07 Å². The van der Waals surface area contributed by atoms with Gasteiger partial charge >= 0.3 is 0 Å². The minimum atomic E-state index is 0.417. The molecule has 0 saturated carbocycles. The summed E-state index contributed by atoms with van der Waals surface area (Å²) < 4.78 is 0. The summed E-state index contributed by atoms with van der Waals surface area (Å²) in [5, 5.41) is 1.47. The van der Waals surface area contributed by atoms with Crippen molar-refractivity contribution in [3.8, 4) is 0 Å². The van der Waals surface area contributed by atoms with E-state index in [0.717, 1.165) is 22.9 Å². The van der Waals surface area contributed by atoms with Crippen LogP contribution in [0.5, 0.6) is 0 Å². The molecule has 0 radical (unpaired) electrons. The highest BCUT2D eigenvalue weighted by Gasteiger charge is 2.42. The van der Waals surface area contributed by atoms with Gasteiger partial charge in [-0.25, -0.2) is 0 Å². The standard InChI is InChI=1S/C22H18Cl2/c23-14-10-13(11-15(24)12-14)16-8-9-21-18-5-2-1-4-17(18)20-7-3-6-19(16)22(20)21/h1-6,10-12,16,20-21H,7-9H2. The van der Waals surface area contributed by atoms with E-state index in [1.165, 1.54) is 17.6 Å². The SMILES string of the molecule is Clc1cc(Cl)cc(C2CCC3C4=C2C=CCC4c2ccccc23)c1. The molecule has 2 aromatic carbocycles. The molecule has 5 rings (SSSR count). The lowest BCUT2D eigenvalue weighted by Crippen LogP contribution is -2.17. The van der Waals surface area contributed by atoms with Crippen LogP contribution in [-0.4, -0.2) is 0 Å². The molecule has 120 valence electrons. The first-order valence-corrected chi connectivity index (χ1v) is 9.43. The Morgan fingerprint density at radius 2 is 1.46 bits per heavy atom. The first-order valence-electron chi connectivity index (χ1n) is 8.67. The Kier molecular flexibility index (Phi) is 3.40. The van der Waals surface area contributed by atoms with Crippen molar-refractivity contribution in [1.82, 2.24) is 0 Å². The second-order valence-electron chi connectivity index (χ2n) is 7.12. The number of hydrogen-bond donors (Lipinski definition) is 0.